The number of carbonyl (C=O) groups excluding carboxylic acids is 1. The van der Waals surface area contributed by atoms with Gasteiger partial charge in [0.1, 0.15) is 5.76 Å². The van der Waals surface area contributed by atoms with E-state index >= 15 is 0 Å². The van der Waals surface area contributed by atoms with Crippen LogP contribution in [0.5, 0.6) is 0 Å². The topological polar surface area (TPSA) is 51.3 Å². The lowest BCUT2D eigenvalue weighted by atomic mass is 9.99. The molecule has 0 unspecified atom stereocenters. The van der Waals surface area contributed by atoms with Crippen LogP contribution in [-0.2, 0) is 17.8 Å². The first-order valence-corrected chi connectivity index (χ1v) is 8.56. The molecule has 1 atom stereocenters. The molecule has 4 rings (SSSR count). The van der Waals surface area contributed by atoms with Crippen molar-refractivity contribution in [1.29, 1.82) is 0 Å². The summed E-state index contributed by atoms with van der Waals surface area (Å²) < 4.78 is 7.45. The summed E-state index contributed by atoms with van der Waals surface area (Å²) in [5.41, 5.74) is 3.99. The minimum Gasteiger partial charge on any atom is -0.361 e. The van der Waals surface area contributed by atoms with E-state index in [0.717, 1.165) is 34.8 Å². The quantitative estimate of drug-likeness (QED) is 0.738. The lowest BCUT2D eigenvalue weighted by molar-refractivity contribution is -0.133. The van der Waals surface area contributed by atoms with Crippen LogP contribution < -0.4 is 0 Å². The average molecular weight is 335 g/mol. The van der Waals surface area contributed by atoms with E-state index in [9.17, 15) is 4.79 Å². The van der Waals surface area contributed by atoms with Crippen LogP contribution in [0.1, 0.15) is 34.3 Å². The molecule has 0 bridgehead atoms. The molecule has 0 saturated heterocycles. The number of nitrogens with zero attached hydrogens (tertiary/aromatic N) is 3. The number of amides is 1. The second-order valence-corrected chi connectivity index (χ2v) is 6.51. The van der Waals surface area contributed by atoms with Gasteiger partial charge < -0.3 is 14.0 Å². The van der Waals surface area contributed by atoms with Crippen LogP contribution in [0.3, 0.4) is 0 Å². The van der Waals surface area contributed by atoms with Crippen molar-refractivity contribution in [2.24, 2.45) is 0 Å². The fourth-order valence-electron chi connectivity index (χ4n) is 3.65. The summed E-state index contributed by atoms with van der Waals surface area (Å²) in [6.45, 7) is 5.26. The van der Waals surface area contributed by atoms with Crippen LogP contribution in [0.2, 0.25) is 0 Å². The molecule has 2 aromatic heterocycles. The molecule has 3 heterocycles. The molecule has 25 heavy (non-hydrogen) atoms. The van der Waals surface area contributed by atoms with E-state index in [1.54, 1.807) is 0 Å². The van der Waals surface area contributed by atoms with E-state index in [-0.39, 0.29) is 11.9 Å². The third-order valence-corrected chi connectivity index (χ3v) is 4.98. The zero-order valence-electron chi connectivity index (χ0n) is 14.5. The van der Waals surface area contributed by atoms with Crippen molar-refractivity contribution in [3.63, 3.8) is 0 Å². The third kappa shape index (κ3) is 2.76. The molecule has 1 aliphatic heterocycles. The number of aryl methyl sites for hydroxylation is 2. The predicted molar refractivity (Wildman–Crippen MR) is 94.1 cm³/mol. The number of fused-ring (bicyclic) bond motifs is 1. The van der Waals surface area contributed by atoms with Crippen molar-refractivity contribution >= 4 is 5.91 Å². The van der Waals surface area contributed by atoms with Crippen LogP contribution in [-0.4, -0.2) is 27.1 Å². The molecule has 0 radical (unpaired) electrons. The summed E-state index contributed by atoms with van der Waals surface area (Å²) in [7, 11) is 0. The van der Waals surface area contributed by atoms with Crippen molar-refractivity contribution in [2.75, 3.05) is 6.54 Å². The predicted octanol–water partition coefficient (Wildman–Crippen LogP) is 3.27. The Hall–Kier alpha value is -2.82. The largest absolute Gasteiger partial charge is 0.361 e. The van der Waals surface area contributed by atoms with Crippen LogP contribution in [0.4, 0.5) is 0 Å². The fraction of sp³-hybridized carbons (Fsp3) is 0.300. The second kappa shape index (κ2) is 6.24. The highest BCUT2D eigenvalue weighted by molar-refractivity contribution is 5.80. The number of benzene rings is 1. The zero-order chi connectivity index (χ0) is 17.4. The molecule has 0 spiro atoms. The molecule has 5 heteroatoms. The highest BCUT2D eigenvalue weighted by Crippen LogP contribution is 2.33. The van der Waals surface area contributed by atoms with Gasteiger partial charge in [-0.2, -0.15) is 0 Å². The Bertz CT molecular complexity index is 875. The maximum absolute atomic E-state index is 13.1. The number of hydrogen-bond donors (Lipinski definition) is 0. The number of rotatable bonds is 3. The summed E-state index contributed by atoms with van der Waals surface area (Å²) in [6, 6.07) is 14.3. The SMILES string of the molecule is Cc1noc(C)c1CC(=O)N1CCn2cccc2[C@H]1c1ccccc1. The molecule has 3 aromatic rings. The zero-order valence-corrected chi connectivity index (χ0v) is 14.5. The number of carbonyl (C=O) groups is 1. The molecule has 1 aromatic carbocycles. The lowest BCUT2D eigenvalue weighted by Crippen LogP contribution is -2.43. The highest BCUT2D eigenvalue weighted by Gasteiger charge is 2.32. The van der Waals surface area contributed by atoms with E-state index in [1.807, 2.05) is 43.0 Å². The molecular weight excluding hydrogens is 314 g/mol. The Kier molecular flexibility index (Phi) is 3.92. The smallest absolute Gasteiger partial charge is 0.228 e. The molecule has 128 valence electrons. The van der Waals surface area contributed by atoms with Crippen molar-refractivity contribution in [2.45, 2.75) is 32.9 Å². The maximum Gasteiger partial charge on any atom is 0.228 e. The van der Waals surface area contributed by atoms with Gasteiger partial charge in [0.2, 0.25) is 5.91 Å². The minimum atomic E-state index is -0.0575. The van der Waals surface area contributed by atoms with Gasteiger partial charge in [0.15, 0.2) is 0 Å². The van der Waals surface area contributed by atoms with E-state index in [1.165, 1.54) is 0 Å². The van der Waals surface area contributed by atoms with Gasteiger partial charge in [0, 0.05) is 30.5 Å². The summed E-state index contributed by atoms with van der Waals surface area (Å²) >= 11 is 0. The summed E-state index contributed by atoms with van der Waals surface area (Å²) in [5.74, 6) is 0.832. The Morgan fingerprint density at radius 1 is 1.16 bits per heavy atom. The molecule has 1 aliphatic rings. The first kappa shape index (κ1) is 15.7. The van der Waals surface area contributed by atoms with Crippen LogP contribution in [0.15, 0.2) is 53.2 Å². The first-order valence-electron chi connectivity index (χ1n) is 8.56. The normalized spacial score (nSPS) is 16.7. The third-order valence-electron chi connectivity index (χ3n) is 4.98. The fourth-order valence-corrected chi connectivity index (χ4v) is 3.65. The van der Waals surface area contributed by atoms with E-state index in [0.29, 0.717) is 13.0 Å². The molecular formula is C20H21N3O2. The maximum atomic E-state index is 13.1. The Morgan fingerprint density at radius 2 is 1.96 bits per heavy atom. The Morgan fingerprint density at radius 3 is 2.68 bits per heavy atom. The molecule has 1 amide bonds. The van der Waals surface area contributed by atoms with Gasteiger partial charge in [-0.1, -0.05) is 35.5 Å². The van der Waals surface area contributed by atoms with Gasteiger partial charge in [-0.25, -0.2) is 0 Å². The monoisotopic (exact) mass is 335 g/mol. The Balaban J connectivity index is 1.69. The molecule has 5 nitrogen and oxygen atoms in total. The van der Waals surface area contributed by atoms with Gasteiger partial charge in [-0.3, -0.25) is 4.79 Å². The minimum absolute atomic E-state index is 0.0575. The molecule has 0 fully saturated rings. The van der Waals surface area contributed by atoms with E-state index in [4.69, 9.17) is 4.52 Å². The number of aromatic nitrogens is 2. The second-order valence-electron chi connectivity index (χ2n) is 6.51. The van der Waals surface area contributed by atoms with Crippen molar-refractivity contribution in [3.8, 4) is 0 Å². The van der Waals surface area contributed by atoms with Crippen LogP contribution >= 0.6 is 0 Å². The lowest BCUT2D eigenvalue weighted by Gasteiger charge is -2.37. The van der Waals surface area contributed by atoms with E-state index in [2.05, 4.69) is 34.1 Å². The standard InChI is InChI=1S/C20H21N3O2/c1-14-17(15(2)25-21-14)13-19(24)23-12-11-22-10-6-9-18(22)20(23)16-7-4-3-5-8-16/h3-10,20H,11-13H2,1-2H3/t20-/m1/s1. The van der Waals surface area contributed by atoms with Crippen LogP contribution in [0.25, 0.3) is 0 Å². The summed E-state index contributed by atoms with van der Waals surface area (Å²) in [6.07, 6.45) is 2.41. The molecule has 0 saturated carbocycles. The van der Waals surface area contributed by atoms with Gasteiger partial charge in [0.25, 0.3) is 0 Å². The molecule has 0 aliphatic carbocycles. The van der Waals surface area contributed by atoms with Gasteiger partial charge in [0.05, 0.1) is 18.2 Å². The van der Waals surface area contributed by atoms with Gasteiger partial charge in [-0.15, -0.1) is 0 Å². The van der Waals surface area contributed by atoms with Gasteiger partial charge in [-0.05, 0) is 31.5 Å². The highest BCUT2D eigenvalue weighted by atomic mass is 16.5. The Labute approximate surface area is 146 Å². The van der Waals surface area contributed by atoms with Crippen molar-refractivity contribution in [1.82, 2.24) is 14.6 Å². The summed E-state index contributed by atoms with van der Waals surface area (Å²) in [4.78, 5) is 15.1. The van der Waals surface area contributed by atoms with Gasteiger partial charge >= 0.3 is 0 Å². The molecule has 0 N–H and O–H groups in total. The summed E-state index contributed by atoms with van der Waals surface area (Å²) in [5, 5.41) is 3.97. The average Bonchev–Trinajstić information content (AvgIpc) is 3.23. The van der Waals surface area contributed by atoms with Crippen molar-refractivity contribution in [3.05, 3.63) is 76.9 Å². The van der Waals surface area contributed by atoms with E-state index < -0.39 is 0 Å². The van der Waals surface area contributed by atoms with Crippen molar-refractivity contribution < 1.29 is 9.32 Å². The van der Waals surface area contributed by atoms with Crippen LogP contribution in [0, 0.1) is 13.8 Å². The number of hydrogen-bond acceptors (Lipinski definition) is 3. The first-order chi connectivity index (χ1) is 12.1.